The Morgan fingerprint density at radius 1 is 1.35 bits per heavy atom. The summed E-state index contributed by atoms with van der Waals surface area (Å²) in [6.07, 6.45) is -2.35. The molecule has 0 aliphatic heterocycles. The molecular formula is C11H13F2NO2S. The average molecular weight is 261 g/mol. The van der Waals surface area contributed by atoms with Gasteiger partial charge < -0.3 is 10.8 Å². The molecule has 0 aromatic heterocycles. The zero-order valence-electron chi connectivity index (χ0n) is 8.98. The van der Waals surface area contributed by atoms with Gasteiger partial charge in [0.25, 0.3) is 0 Å². The Labute approximate surface area is 102 Å². The van der Waals surface area contributed by atoms with Crippen LogP contribution in [-0.4, -0.2) is 29.8 Å². The lowest BCUT2D eigenvalue weighted by molar-refractivity contribution is -0.138. The van der Waals surface area contributed by atoms with Crippen molar-refractivity contribution in [1.29, 1.82) is 0 Å². The van der Waals surface area contributed by atoms with Crippen LogP contribution < -0.4 is 5.73 Å². The fraction of sp³-hybridized carbons (Fsp3) is 0.364. The van der Waals surface area contributed by atoms with E-state index in [1.807, 2.05) is 0 Å². The number of benzene rings is 1. The van der Waals surface area contributed by atoms with Crippen LogP contribution >= 0.6 is 11.8 Å². The molecule has 0 aliphatic rings. The number of hydrogen-bond acceptors (Lipinski definition) is 3. The van der Waals surface area contributed by atoms with Crippen molar-refractivity contribution >= 4 is 17.7 Å². The Hall–Kier alpha value is -1.14. The SMILES string of the molecule is NCC(C(=O)O)c1ccc(SCC(F)F)cc1. The molecule has 1 aromatic carbocycles. The monoisotopic (exact) mass is 261 g/mol. The van der Waals surface area contributed by atoms with E-state index in [1.165, 1.54) is 0 Å². The van der Waals surface area contributed by atoms with Crippen molar-refractivity contribution in [1.82, 2.24) is 0 Å². The highest BCUT2D eigenvalue weighted by atomic mass is 32.2. The van der Waals surface area contributed by atoms with Gasteiger partial charge in [0.15, 0.2) is 0 Å². The standard InChI is InChI=1S/C11H13F2NO2S/c12-10(13)6-17-8-3-1-7(2-4-8)9(5-14)11(15)16/h1-4,9-10H,5-6,14H2,(H,15,16). The first-order valence-corrected chi connectivity index (χ1v) is 5.97. The van der Waals surface area contributed by atoms with E-state index < -0.39 is 18.3 Å². The smallest absolute Gasteiger partial charge is 0.312 e. The molecule has 1 aromatic rings. The molecule has 1 rings (SSSR count). The van der Waals surface area contributed by atoms with E-state index in [9.17, 15) is 13.6 Å². The highest BCUT2D eigenvalue weighted by molar-refractivity contribution is 7.99. The van der Waals surface area contributed by atoms with Crippen LogP contribution in [0.4, 0.5) is 8.78 Å². The maximum atomic E-state index is 12.0. The van der Waals surface area contributed by atoms with Crippen molar-refractivity contribution in [3.63, 3.8) is 0 Å². The van der Waals surface area contributed by atoms with Gasteiger partial charge in [-0.25, -0.2) is 8.78 Å². The van der Waals surface area contributed by atoms with E-state index in [-0.39, 0.29) is 12.3 Å². The molecule has 0 aliphatic carbocycles. The van der Waals surface area contributed by atoms with Crippen molar-refractivity contribution in [2.75, 3.05) is 12.3 Å². The fourth-order valence-corrected chi connectivity index (χ4v) is 1.98. The molecule has 0 spiro atoms. The first kappa shape index (κ1) is 13.9. The van der Waals surface area contributed by atoms with Crippen molar-refractivity contribution in [3.8, 4) is 0 Å². The second-order valence-electron chi connectivity index (χ2n) is 3.40. The molecule has 0 bridgehead atoms. The highest BCUT2D eigenvalue weighted by Gasteiger charge is 2.17. The number of carbonyl (C=O) groups is 1. The molecule has 1 unspecified atom stereocenters. The molecule has 0 radical (unpaired) electrons. The lowest BCUT2D eigenvalue weighted by atomic mass is 10.00. The van der Waals surface area contributed by atoms with Crippen LogP contribution in [0.3, 0.4) is 0 Å². The van der Waals surface area contributed by atoms with Gasteiger partial charge >= 0.3 is 5.97 Å². The van der Waals surface area contributed by atoms with E-state index in [0.29, 0.717) is 10.5 Å². The lowest BCUT2D eigenvalue weighted by Gasteiger charge is -2.10. The van der Waals surface area contributed by atoms with Gasteiger partial charge in [-0.1, -0.05) is 12.1 Å². The molecule has 94 valence electrons. The van der Waals surface area contributed by atoms with Crippen molar-refractivity contribution in [2.45, 2.75) is 17.2 Å². The first-order valence-electron chi connectivity index (χ1n) is 4.98. The minimum absolute atomic E-state index is 0.0128. The van der Waals surface area contributed by atoms with Crippen molar-refractivity contribution in [2.24, 2.45) is 5.73 Å². The van der Waals surface area contributed by atoms with E-state index in [0.717, 1.165) is 11.8 Å². The summed E-state index contributed by atoms with van der Waals surface area (Å²) in [6, 6.07) is 6.49. The van der Waals surface area contributed by atoms with Crippen LogP contribution in [0.25, 0.3) is 0 Å². The predicted octanol–water partition coefficient (Wildman–Crippen LogP) is 2.17. The summed E-state index contributed by atoms with van der Waals surface area (Å²) >= 11 is 1.04. The minimum Gasteiger partial charge on any atom is -0.481 e. The molecule has 0 fully saturated rings. The number of carboxylic acids is 1. The Morgan fingerprint density at radius 3 is 2.35 bits per heavy atom. The molecule has 3 N–H and O–H groups in total. The summed E-state index contributed by atoms with van der Waals surface area (Å²) < 4.78 is 23.9. The number of carboxylic acid groups (broad SMARTS) is 1. The fourth-order valence-electron chi connectivity index (χ4n) is 1.34. The van der Waals surface area contributed by atoms with Crippen LogP contribution in [0.1, 0.15) is 11.5 Å². The number of nitrogens with two attached hydrogens (primary N) is 1. The zero-order chi connectivity index (χ0) is 12.8. The van der Waals surface area contributed by atoms with Crippen molar-refractivity contribution < 1.29 is 18.7 Å². The van der Waals surface area contributed by atoms with Gasteiger partial charge in [0.2, 0.25) is 6.43 Å². The van der Waals surface area contributed by atoms with Gasteiger partial charge in [-0.2, -0.15) is 0 Å². The maximum absolute atomic E-state index is 12.0. The summed E-state index contributed by atoms with van der Waals surface area (Å²) in [5.41, 5.74) is 5.94. The predicted molar refractivity (Wildman–Crippen MR) is 62.6 cm³/mol. The Balaban J connectivity index is 2.70. The molecule has 1 atom stereocenters. The first-order chi connectivity index (χ1) is 8.04. The second-order valence-corrected chi connectivity index (χ2v) is 4.49. The van der Waals surface area contributed by atoms with Crippen LogP contribution in [0.5, 0.6) is 0 Å². The number of alkyl halides is 2. The number of rotatable bonds is 6. The van der Waals surface area contributed by atoms with Gasteiger partial charge in [0.05, 0.1) is 11.7 Å². The van der Waals surface area contributed by atoms with Gasteiger partial charge in [-0.05, 0) is 17.7 Å². The van der Waals surface area contributed by atoms with Crippen LogP contribution in [0.2, 0.25) is 0 Å². The molecule has 0 saturated heterocycles. The van der Waals surface area contributed by atoms with E-state index in [4.69, 9.17) is 10.8 Å². The topological polar surface area (TPSA) is 63.3 Å². The number of hydrogen-bond donors (Lipinski definition) is 2. The third kappa shape index (κ3) is 4.32. The number of halogens is 2. The van der Waals surface area contributed by atoms with E-state index in [2.05, 4.69) is 0 Å². The molecule has 0 amide bonds. The maximum Gasteiger partial charge on any atom is 0.312 e. The zero-order valence-corrected chi connectivity index (χ0v) is 9.79. The quantitative estimate of drug-likeness (QED) is 0.770. The molecule has 0 saturated carbocycles. The van der Waals surface area contributed by atoms with Crippen LogP contribution in [-0.2, 0) is 4.79 Å². The van der Waals surface area contributed by atoms with Gasteiger partial charge in [0, 0.05) is 11.4 Å². The summed E-state index contributed by atoms with van der Waals surface area (Å²) in [6.45, 7) is 0.0128. The summed E-state index contributed by atoms with van der Waals surface area (Å²) in [4.78, 5) is 11.5. The third-order valence-corrected chi connectivity index (χ3v) is 3.22. The Kier molecular flexibility index (Phi) is 5.37. The highest BCUT2D eigenvalue weighted by Crippen LogP contribution is 2.23. The molecule has 17 heavy (non-hydrogen) atoms. The molecule has 3 nitrogen and oxygen atoms in total. The van der Waals surface area contributed by atoms with E-state index >= 15 is 0 Å². The normalized spacial score (nSPS) is 12.7. The third-order valence-electron chi connectivity index (χ3n) is 2.19. The molecular weight excluding hydrogens is 248 g/mol. The second kappa shape index (κ2) is 6.56. The summed E-state index contributed by atoms with van der Waals surface area (Å²) in [5.74, 6) is -2.00. The van der Waals surface area contributed by atoms with Gasteiger partial charge in [-0.3, -0.25) is 4.79 Å². The number of thioether (sulfide) groups is 1. The molecule has 6 heteroatoms. The summed E-state index contributed by atoms with van der Waals surface area (Å²) in [7, 11) is 0. The van der Waals surface area contributed by atoms with Gasteiger partial charge in [-0.15, -0.1) is 11.8 Å². The Morgan fingerprint density at radius 2 is 1.94 bits per heavy atom. The summed E-state index contributed by atoms with van der Waals surface area (Å²) in [5, 5.41) is 8.89. The Bertz CT molecular complexity index is 370. The van der Waals surface area contributed by atoms with Crippen LogP contribution in [0, 0.1) is 0 Å². The van der Waals surface area contributed by atoms with Crippen molar-refractivity contribution in [3.05, 3.63) is 29.8 Å². The molecule has 0 heterocycles. The average Bonchev–Trinajstić information content (AvgIpc) is 2.28. The number of aliphatic carboxylic acids is 1. The van der Waals surface area contributed by atoms with E-state index in [1.54, 1.807) is 24.3 Å². The minimum atomic E-state index is -2.35. The van der Waals surface area contributed by atoms with Gasteiger partial charge in [0.1, 0.15) is 0 Å². The van der Waals surface area contributed by atoms with Crippen LogP contribution in [0.15, 0.2) is 29.2 Å². The lowest BCUT2D eigenvalue weighted by Crippen LogP contribution is -2.20. The largest absolute Gasteiger partial charge is 0.481 e.